The maximum absolute atomic E-state index is 2.49. The molecule has 12 aromatic rings. The molecule has 0 aliphatic heterocycles. The summed E-state index contributed by atoms with van der Waals surface area (Å²) in [6.45, 7) is 6.33. The lowest BCUT2D eigenvalue weighted by atomic mass is 9.83. The Labute approximate surface area is 336 Å². The molecule has 0 unspecified atom stereocenters. The number of hydrogen-bond acceptors (Lipinski definition) is 0. The van der Waals surface area contributed by atoms with Crippen LogP contribution in [0.3, 0.4) is 0 Å². The number of rotatable bonds is 5. The Morgan fingerprint density at radius 2 is 0.690 bits per heavy atom. The molecule has 0 saturated carbocycles. The van der Waals surface area contributed by atoms with E-state index in [1.54, 1.807) is 0 Å². The van der Waals surface area contributed by atoms with Gasteiger partial charge in [0.05, 0.1) is 0 Å². The average molecular weight is 741 g/mol. The molecule has 0 amide bonds. The first-order valence-electron chi connectivity index (χ1n) is 20.6. The zero-order valence-corrected chi connectivity index (χ0v) is 32.6. The Morgan fingerprint density at radius 3 is 1.17 bits per heavy atom. The monoisotopic (exact) mass is 740 g/mol. The van der Waals surface area contributed by atoms with Crippen LogP contribution in [-0.4, -0.2) is 9.13 Å². The van der Waals surface area contributed by atoms with Gasteiger partial charge in [-0.25, -0.2) is 0 Å². The number of hydrogen-bond donors (Lipinski definition) is 0. The van der Waals surface area contributed by atoms with E-state index in [1.807, 2.05) is 0 Å². The van der Waals surface area contributed by atoms with E-state index < -0.39 is 0 Å². The van der Waals surface area contributed by atoms with Crippen LogP contribution in [0.5, 0.6) is 0 Å². The highest BCUT2D eigenvalue weighted by Crippen LogP contribution is 2.48. The highest BCUT2D eigenvalue weighted by atomic mass is 15.0. The first kappa shape index (κ1) is 33.0. The van der Waals surface area contributed by atoms with E-state index in [0.29, 0.717) is 0 Å². The minimum absolute atomic E-state index is 0.913. The zero-order valence-electron chi connectivity index (χ0n) is 32.6. The molecule has 2 nitrogen and oxygen atoms in total. The summed E-state index contributed by atoms with van der Waals surface area (Å²) >= 11 is 0. The molecule has 274 valence electrons. The average Bonchev–Trinajstić information content (AvgIpc) is 3.78. The van der Waals surface area contributed by atoms with Crippen LogP contribution in [0.1, 0.15) is 13.8 Å². The summed E-state index contributed by atoms with van der Waals surface area (Å²) in [4.78, 5) is 0. The third-order valence-corrected chi connectivity index (χ3v) is 12.9. The van der Waals surface area contributed by atoms with Crippen molar-refractivity contribution in [2.75, 3.05) is 0 Å². The fourth-order valence-corrected chi connectivity index (χ4v) is 10.3. The number of fused-ring (bicyclic) bond motifs is 10. The van der Waals surface area contributed by atoms with Crippen LogP contribution in [0.15, 0.2) is 182 Å². The van der Waals surface area contributed by atoms with Crippen LogP contribution in [0.25, 0.3) is 120 Å². The topological polar surface area (TPSA) is 9.86 Å². The second kappa shape index (κ2) is 12.7. The number of nitrogens with zero attached hydrogens (tertiary/aromatic N) is 2. The predicted molar refractivity (Wildman–Crippen MR) is 250 cm³/mol. The lowest BCUT2D eigenvalue weighted by Gasteiger charge is -2.20. The first-order valence-corrected chi connectivity index (χ1v) is 20.6. The van der Waals surface area contributed by atoms with Crippen LogP contribution < -0.4 is 0 Å². The van der Waals surface area contributed by atoms with Gasteiger partial charge < -0.3 is 9.13 Å². The van der Waals surface area contributed by atoms with Crippen molar-refractivity contribution in [1.82, 2.24) is 9.13 Å². The molecule has 0 aliphatic carbocycles. The molecule has 10 aromatic carbocycles. The van der Waals surface area contributed by atoms with Gasteiger partial charge in [0.15, 0.2) is 0 Å². The van der Waals surface area contributed by atoms with Crippen LogP contribution in [-0.2, 0) is 13.1 Å². The molecule has 58 heavy (non-hydrogen) atoms. The molecule has 0 N–H and O–H groups in total. The molecule has 0 fully saturated rings. The van der Waals surface area contributed by atoms with E-state index in [9.17, 15) is 0 Å². The fourth-order valence-electron chi connectivity index (χ4n) is 10.3. The van der Waals surface area contributed by atoms with Gasteiger partial charge in [-0.2, -0.15) is 0 Å². The van der Waals surface area contributed by atoms with Crippen LogP contribution in [0, 0.1) is 0 Å². The molecule has 0 aliphatic rings. The van der Waals surface area contributed by atoms with Crippen molar-refractivity contribution in [2.24, 2.45) is 0 Å². The molecule has 0 atom stereocenters. The first-order chi connectivity index (χ1) is 28.7. The minimum Gasteiger partial charge on any atom is -0.341 e. The Bertz CT molecular complexity index is 3420. The molecule has 0 saturated heterocycles. The molecular formula is C56H40N2. The lowest BCUT2D eigenvalue weighted by Crippen LogP contribution is -1.94. The SMILES string of the molecule is CCn1c2ccccc2c2ccc(-c3cccc4c(-c5c6ccccc6cc6ccccc56)c5cccc(-c6ccc7c8ccccc8n(CC)c7c6)c5cc34)cc21. The fraction of sp³-hybridized carbons (Fsp3) is 0.0714. The zero-order chi connectivity index (χ0) is 38.5. The summed E-state index contributed by atoms with van der Waals surface area (Å²) in [6, 6.07) is 68.4. The van der Waals surface area contributed by atoms with Gasteiger partial charge in [0.1, 0.15) is 0 Å². The summed E-state index contributed by atoms with van der Waals surface area (Å²) in [6.07, 6.45) is 0. The van der Waals surface area contributed by atoms with Gasteiger partial charge in [-0.05, 0) is 127 Å². The Balaban J connectivity index is 1.22. The van der Waals surface area contributed by atoms with Crippen molar-refractivity contribution >= 4 is 86.7 Å². The maximum Gasteiger partial charge on any atom is 0.0497 e. The summed E-state index contributed by atoms with van der Waals surface area (Å²) in [5, 5.41) is 15.3. The highest BCUT2D eigenvalue weighted by molar-refractivity contribution is 6.26. The van der Waals surface area contributed by atoms with Crippen molar-refractivity contribution in [3.8, 4) is 33.4 Å². The normalized spacial score (nSPS) is 12.1. The number of para-hydroxylation sites is 2. The van der Waals surface area contributed by atoms with Crippen LogP contribution in [0.2, 0.25) is 0 Å². The maximum atomic E-state index is 2.49. The molecule has 2 heterocycles. The summed E-state index contributed by atoms with van der Waals surface area (Å²) in [5.41, 5.74) is 12.7. The van der Waals surface area contributed by atoms with Crippen LogP contribution >= 0.6 is 0 Å². The van der Waals surface area contributed by atoms with Gasteiger partial charge >= 0.3 is 0 Å². The second-order valence-electron chi connectivity index (χ2n) is 15.7. The molecule has 0 bridgehead atoms. The van der Waals surface area contributed by atoms with Crippen molar-refractivity contribution < 1.29 is 0 Å². The van der Waals surface area contributed by atoms with E-state index in [4.69, 9.17) is 0 Å². The molecule has 12 rings (SSSR count). The van der Waals surface area contributed by atoms with Gasteiger partial charge in [0, 0.05) is 56.7 Å². The van der Waals surface area contributed by atoms with Gasteiger partial charge in [-0.15, -0.1) is 0 Å². The van der Waals surface area contributed by atoms with Crippen molar-refractivity contribution in [3.05, 3.63) is 182 Å². The van der Waals surface area contributed by atoms with Crippen molar-refractivity contribution in [3.63, 3.8) is 0 Å². The third kappa shape index (κ3) is 4.66. The molecule has 0 spiro atoms. The Morgan fingerprint density at radius 1 is 0.293 bits per heavy atom. The summed E-state index contributed by atoms with van der Waals surface area (Å²) < 4.78 is 4.93. The molecule has 2 aromatic heterocycles. The highest BCUT2D eigenvalue weighted by Gasteiger charge is 2.21. The molecular weight excluding hydrogens is 701 g/mol. The predicted octanol–water partition coefficient (Wildman–Crippen LogP) is 15.6. The van der Waals surface area contributed by atoms with Crippen LogP contribution in [0.4, 0.5) is 0 Å². The van der Waals surface area contributed by atoms with E-state index >= 15 is 0 Å². The second-order valence-corrected chi connectivity index (χ2v) is 15.7. The summed E-state index contributed by atoms with van der Waals surface area (Å²) in [5.74, 6) is 0. The van der Waals surface area contributed by atoms with E-state index in [1.165, 1.54) is 120 Å². The van der Waals surface area contributed by atoms with Gasteiger partial charge in [0.2, 0.25) is 0 Å². The minimum atomic E-state index is 0.913. The van der Waals surface area contributed by atoms with E-state index in [2.05, 4.69) is 205 Å². The summed E-state index contributed by atoms with van der Waals surface area (Å²) in [7, 11) is 0. The third-order valence-electron chi connectivity index (χ3n) is 12.9. The standard InChI is InChI=1S/C56H40N2/c1-3-57-51-25-11-9-19-43(51)45-29-27-37(32-53(45)57)39-21-13-23-47-49(39)34-50-40(38-28-30-46-44-20-10-12-26-52(44)58(4-2)54(46)33-38)22-14-24-48(50)56(47)55-41-17-7-5-15-35(41)31-36-16-6-8-18-42(36)55/h5-34H,3-4H2,1-2H3. The Kier molecular flexibility index (Phi) is 7.22. The quantitative estimate of drug-likeness (QED) is 0.156. The van der Waals surface area contributed by atoms with Gasteiger partial charge in [0.25, 0.3) is 0 Å². The lowest BCUT2D eigenvalue weighted by molar-refractivity contribution is 0.827. The number of aromatic nitrogens is 2. The largest absolute Gasteiger partial charge is 0.341 e. The van der Waals surface area contributed by atoms with Gasteiger partial charge in [-0.1, -0.05) is 146 Å². The number of benzene rings is 10. The Hall–Kier alpha value is -7.16. The van der Waals surface area contributed by atoms with Crippen molar-refractivity contribution in [1.29, 1.82) is 0 Å². The van der Waals surface area contributed by atoms with E-state index in [-0.39, 0.29) is 0 Å². The van der Waals surface area contributed by atoms with Gasteiger partial charge in [-0.3, -0.25) is 0 Å². The molecule has 2 heteroatoms. The smallest absolute Gasteiger partial charge is 0.0497 e. The molecule has 0 radical (unpaired) electrons. The number of aryl methyl sites for hydroxylation is 2. The van der Waals surface area contributed by atoms with E-state index in [0.717, 1.165) is 13.1 Å². The van der Waals surface area contributed by atoms with Crippen molar-refractivity contribution in [2.45, 2.75) is 26.9 Å².